The van der Waals surface area contributed by atoms with Crippen LogP contribution in [0.15, 0.2) is 58.5 Å². The predicted molar refractivity (Wildman–Crippen MR) is 212 cm³/mol. The summed E-state index contributed by atoms with van der Waals surface area (Å²) in [6, 6.07) is 7.43. The van der Waals surface area contributed by atoms with Gasteiger partial charge in [-0.1, -0.05) is 10.8 Å². The molecule has 0 radical (unpaired) electrons. The number of allylic oxidation sites excluding steroid dienone is 1. The van der Waals surface area contributed by atoms with E-state index in [4.69, 9.17) is 0 Å². The van der Waals surface area contributed by atoms with E-state index in [2.05, 4.69) is 42.7 Å². The van der Waals surface area contributed by atoms with Crippen molar-refractivity contribution in [2.45, 2.75) is 88.6 Å². The molecule has 6 heterocycles. The zero-order valence-corrected chi connectivity index (χ0v) is 32.7. The van der Waals surface area contributed by atoms with Crippen molar-refractivity contribution in [3.05, 3.63) is 70.3 Å². The van der Waals surface area contributed by atoms with Crippen LogP contribution < -0.4 is 21.2 Å². The van der Waals surface area contributed by atoms with Gasteiger partial charge in [-0.05, 0) is 89.0 Å². The Morgan fingerprint density at radius 1 is 1.05 bits per heavy atom. The maximum absolute atomic E-state index is 14.1. The number of fused-ring (bicyclic) bond motifs is 2. The lowest BCUT2D eigenvalue weighted by Gasteiger charge is -2.40. The zero-order valence-electron chi connectivity index (χ0n) is 32.7. The highest BCUT2D eigenvalue weighted by Crippen LogP contribution is 2.40. The van der Waals surface area contributed by atoms with Crippen molar-refractivity contribution in [1.29, 1.82) is 0 Å². The minimum Gasteiger partial charge on any atom is -0.370 e. The molecule has 9 rings (SSSR count). The Morgan fingerprint density at radius 2 is 1.83 bits per heavy atom. The number of rotatable bonds is 10. The summed E-state index contributed by atoms with van der Waals surface area (Å²) in [7, 11) is 3.94. The van der Waals surface area contributed by atoms with E-state index in [0.29, 0.717) is 35.5 Å². The number of aryl methyl sites for hydroxylation is 1. The van der Waals surface area contributed by atoms with Crippen LogP contribution in [0.25, 0.3) is 16.7 Å². The molecule has 3 amide bonds. The fourth-order valence-electron chi connectivity index (χ4n) is 9.43. The van der Waals surface area contributed by atoms with E-state index >= 15 is 0 Å². The van der Waals surface area contributed by atoms with Gasteiger partial charge in [0.05, 0.1) is 22.9 Å². The zero-order chi connectivity index (χ0) is 40.2. The molecular weight excluding hydrogens is 749 g/mol. The highest BCUT2D eigenvalue weighted by atomic mass is 19.3. The summed E-state index contributed by atoms with van der Waals surface area (Å²) in [5.41, 5.74) is 3.30. The molecule has 1 unspecified atom stereocenters. The smallest absolute Gasteiger partial charge is 0.329 e. The van der Waals surface area contributed by atoms with Crippen molar-refractivity contribution in [1.82, 2.24) is 39.3 Å². The lowest BCUT2D eigenvalue weighted by molar-refractivity contribution is -0.456. The molecule has 3 aliphatic heterocycles. The average molecular weight is 797 g/mol. The van der Waals surface area contributed by atoms with E-state index < -0.39 is 30.0 Å². The maximum atomic E-state index is 14.1. The van der Waals surface area contributed by atoms with Crippen LogP contribution in [0, 0.1) is 11.8 Å². The van der Waals surface area contributed by atoms with Crippen molar-refractivity contribution in [2.24, 2.45) is 24.0 Å². The van der Waals surface area contributed by atoms with E-state index in [-0.39, 0.29) is 35.2 Å². The third-order valence-corrected chi connectivity index (χ3v) is 12.7. The van der Waals surface area contributed by atoms with Crippen LogP contribution in [-0.4, -0.2) is 102 Å². The monoisotopic (exact) mass is 796 g/mol. The van der Waals surface area contributed by atoms with Crippen molar-refractivity contribution >= 4 is 52.0 Å². The first-order valence-electron chi connectivity index (χ1n) is 20.4. The fourth-order valence-corrected chi connectivity index (χ4v) is 9.43. The largest absolute Gasteiger partial charge is 0.370 e. The van der Waals surface area contributed by atoms with Crippen LogP contribution in [0.5, 0.6) is 0 Å². The number of aromatic nitrogens is 5. The topological polar surface area (TPSA) is 154 Å². The van der Waals surface area contributed by atoms with Crippen molar-refractivity contribution < 1.29 is 27.8 Å². The van der Waals surface area contributed by atoms with Gasteiger partial charge in [-0.3, -0.25) is 28.8 Å². The quantitative estimate of drug-likeness (QED) is 0.181. The Morgan fingerprint density at radius 3 is 2.55 bits per heavy atom. The molecule has 5 aliphatic rings. The summed E-state index contributed by atoms with van der Waals surface area (Å²) in [5, 5.41) is 13.6. The molecule has 0 spiro atoms. The molecule has 2 N–H and O–H groups in total. The first-order chi connectivity index (χ1) is 28.0. The number of alkyl halides is 2. The van der Waals surface area contributed by atoms with Crippen molar-refractivity contribution in [3.63, 3.8) is 0 Å². The Labute approximate surface area is 333 Å². The van der Waals surface area contributed by atoms with E-state index in [0.717, 1.165) is 87.9 Å². The minimum atomic E-state index is -2.86. The number of carbonyl (C=O) groups is 3. The Hall–Kier alpha value is -5.58. The molecule has 4 aromatic rings. The second kappa shape index (κ2) is 15.3. The molecule has 2 aliphatic carbocycles. The number of imidazole rings is 1. The van der Waals surface area contributed by atoms with Crippen LogP contribution in [0.4, 0.5) is 14.5 Å². The Bertz CT molecular complexity index is 2450. The molecule has 0 bridgehead atoms. The number of benzene rings is 1. The van der Waals surface area contributed by atoms with Gasteiger partial charge in [-0.15, -0.1) is 0 Å². The Kier molecular flexibility index (Phi) is 10.0. The summed E-state index contributed by atoms with van der Waals surface area (Å²) >= 11 is 0. The fraction of sp³-hybridized carbons (Fsp3) is 0.512. The van der Waals surface area contributed by atoms with E-state index in [1.807, 2.05) is 30.5 Å². The van der Waals surface area contributed by atoms with Crippen LogP contribution >= 0.6 is 0 Å². The molecular formula is C41H48F2N11O4+. The van der Waals surface area contributed by atoms with E-state index in [1.54, 1.807) is 22.3 Å². The van der Waals surface area contributed by atoms with E-state index in [9.17, 15) is 28.0 Å². The van der Waals surface area contributed by atoms with Crippen molar-refractivity contribution in [3.8, 4) is 0 Å². The maximum Gasteiger partial charge on any atom is 0.329 e. The van der Waals surface area contributed by atoms with Gasteiger partial charge in [0.25, 0.3) is 12.3 Å². The lowest BCUT2D eigenvalue weighted by atomic mass is 9.82. The summed E-state index contributed by atoms with van der Waals surface area (Å²) in [5.74, 6) is -0.222. The van der Waals surface area contributed by atoms with Gasteiger partial charge in [-0.25, -0.2) is 23.1 Å². The summed E-state index contributed by atoms with van der Waals surface area (Å²) in [4.78, 5) is 60.4. The number of halogens is 2. The first-order valence-corrected chi connectivity index (χ1v) is 20.4. The average Bonchev–Trinajstić information content (AvgIpc) is 3.76. The number of imide groups is 1. The second-order valence-corrected chi connectivity index (χ2v) is 16.5. The number of nitrogens with zero attached hydrogens (tertiary/aromatic N) is 9. The van der Waals surface area contributed by atoms with Gasteiger partial charge >= 0.3 is 5.69 Å². The molecule has 2 saturated carbocycles. The third kappa shape index (κ3) is 7.13. The van der Waals surface area contributed by atoms with Gasteiger partial charge in [0.1, 0.15) is 17.3 Å². The van der Waals surface area contributed by atoms with Crippen LogP contribution in [0.1, 0.15) is 92.2 Å². The number of para-hydroxylation sites is 1. The first kappa shape index (κ1) is 38.0. The minimum absolute atomic E-state index is 0.0262. The SMILES string of the molecule is CN(CC1CCC(/C=[N+]2\C=C(NC(=O)c3cnn4c(C5CC5)ccnc34)C(C(F)F)=N2)CC1)C1CCN(c2cccc3c2n(C)c(=O)n3C2CCC(=O)NC2=O)CC1. The van der Waals surface area contributed by atoms with Gasteiger partial charge in [0.15, 0.2) is 11.9 Å². The van der Waals surface area contributed by atoms with Crippen molar-refractivity contribution in [2.75, 3.05) is 31.6 Å². The number of hydrogen-bond acceptors (Lipinski definition) is 9. The normalized spacial score (nSPS) is 24.0. The van der Waals surface area contributed by atoms with Gasteiger partial charge in [-0.2, -0.15) is 5.10 Å². The van der Waals surface area contributed by atoms with Crippen LogP contribution in [-0.2, 0) is 16.6 Å². The number of anilines is 1. The number of hydrazone groups is 1. The molecule has 3 aromatic heterocycles. The van der Waals surface area contributed by atoms with Crippen LogP contribution in [0.2, 0.25) is 0 Å². The number of hydrogen-bond donors (Lipinski definition) is 2. The molecule has 2 saturated heterocycles. The molecule has 58 heavy (non-hydrogen) atoms. The standard InChI is InChI=1S/C41H47F2N11O4/c1-49(27-15-18-51(19-16-27)31-4-3-5-32-36(31)50(2)41(58)53(32)33-12-13-34(55)47-40(33)57)21-24-6-8-25(9-7-24)22-52-23-29(35(48-52)37(42)43)46-39(56)28-20-45-54-30(26-10-11-26)14-17-44-38(28)54/h3-5,14,17,20,22-27,33,37H,6-13,15-16,18-19,21H2,1-2H3,(H-,46,47,55,56,57)/p+1/b52-22+. The van der Waals surface area contributed by atoms with Crippen LogP contribution in [0.3, 0.4) is 0 Å². The number of amides is 3. The Balaban J connectivity index is 0.791. The third-order valence-electron chi connectivity index (χ3n) is 12.7. The van der Waals surface area contributed by atoms with Gasteiger partial charge < -0.3 is 15.1 Å². The molecule has 4 fully saturated rings. The molecule has 15 nitrogen and oxygen atoms in total. The second-order valence-electron chi connectivity index (χ2n) is 16.5. The summed E-state index contributed by atoms with van der Waals surface area (Å²) in [6.07, 6.45) is 12.0. The van der Waals surface area contributed by atoms with Gasteiger partial charge in [0, 0.05) is 68.0 Å². The highest BCUT2D eigenvalue weighted by Gasteiger charge is 2.36. The molecule has 1 aromatic carbocycles. The summed E-state index contributed by atoms with van der Waals surface area (Å²) < 4.78 is 34.5. The van der Waals surface area contributed by atoms with E-state index in [1.165, 1.54) is 21.6 Å². The number of nitrogens with one attached hydrogen (secondary N) is 2. The number of carbonyl (C=O) groups excluding carboxylic acids is 3. The molecule has 1 atom stereocenters. The molecule has 17 heteroatoms. The highest BCUT2D eigenvalue weighted by molar-refractivity contribution is 6.09. The summed E-state index contributed by atoms with van der Waals surface area (Å²) in [6.45, 7) is 2.64. The lowest BCUT2D eigenvalue weighted by Crippen LogP contribution is -2.45. The molecule has 304 valence electrons. The predicted octanol–water partition coefficient (Wildman–Crippen LogP) is 3.93. The number of piperidine rings is 2. The van der Waals surface area contributed by atoms with Gasteiger partial charge in [0.2, 0.25) is 23.7 Å².